The predicted molar refractivity (Wildman–Crippen MR) is 87.0 cm³/mol. The largest absolute Gasteiger partial charge is 0.308 e. The van der Waals surface area contributed by atoms with Gasteiger partial charge in [0.15, 0.2) is 0 Å². The van der Waals surface area contributed by atoms with Gasteiger partial charge in [-0.15, -0.1) is 0 Å². The molecule has 0 heterocycles. The first-order valence-electron chi connectivity index (χ1n) is 7.51. The van der Waals surface area contributed by atoms with Crippen LogP contribution >= 0.6 is 0 Å². The Bertz CT molecular complexity index is 518. The second-order valence-corrected chi connectivity index (χ2v) is 5.73. The molecule has 2 unspecified atom stereocenters. The Morgan fingerprint density at radius 2 is 1.70 bits per heavy atom. The van der Waals surface area contributed by atoms with Gasteiger partial charge in [-0.05, 0) is 44.7 Å². The third-order valence-corrected chi connectivity index (χ3v) is 3.78. The zero-order chi connectivity index (χ0) is 14.4. The van der Waals surface area contributed by atoms with Crippen LogP contribution in [0.25, 0.3) is 0 Å². The summed E-state index contributed by atoms with van der Waals surface area (Å²) < 4.78 is 0. The number of aryl methyl sites for hydroxylation is 2. The van der Waals surface area contributed by atoms with Crippen molar-refractivity contribution < 1.29 is 0 Å². The maximum Gasteiger partial charge on any atom is 0.0294 e. The first kappa shape index (κ1) is 14.8. The topological polar surface area (TPSA) is 12.0 Å². The lowest BCUT2D eigenvalue weighted by Crippen LogP contribution is -2.29. The van der Waals surface area contributed by atoms with Crippen molar-refractivity contribution in [2.24, 2.45) is 0 Å². The lowest BCUT2D eigenvalue weighted by Gasteiger charge is -2.20. The molecular weight excluding hydrogens is 242 g/mol. The molecule has 0 saturated carbocycles. The van der Waals surface area contributed by atoms with Gasteiger partial charge in [0.2, 0.25) is 0 Å². The number of hydrogen-bond donors (Lipinski definition) is 1. The summed E-state index contributed by atoms with van der Waals surface area (Å²) in [7, 11) is 0. The van der Waals surface area contributed by atoms with Crippen LogP contribution in [0, 0.1) is 6.92 Å². The highest BCUT2D eigenvalue weighted by molar-refractivity contribution is 5.22. The van der Waals surface area contributed by atoms with Crippen LogP contribution in [0.2, 0.25) is 0 Å². The van der Waals surface area contributed by atoms with Crippen molar-refractivity contribution >= 4 is 0 Å². The average Bonchev–Trinajstić information content (AvgIpc) is 2.46. The lowest BCUT2D eigenvalue weighted by atomic mass is 10.0. The average molecular weight is 267 g/mol. The molecule has 0 aromatic heterocycles. The monoisotopic (exact) mass is 267 g/mol. The highest BCUT2D eigenvalue weighted by Crippen LogP contribution is 2.14. The fourth-order valence-corrected chi connectivity index (χ4v) is 2.60. The first-order valence-corrected chi connectivity index (χ1v) is 7.51. The zero-order valence-electron chi connectivity index (χ0n) is 12.8. The second kappa shape index (κ2) is 7.25. The molecule has 0 saturated heterocycles. The summed E-state index contributed by atoms with van der Waals surface area (Å²) in [5.74, 6) is 0. The molecular formula is C19H25N. The summed E-state index contributed by atoms with van der Waals surface area (Å²) in [5, 5.41) is 3.68. The first-order chi connectivity index (χ1) is 9.65. The molecule has 0 radical (unpaired) electrons. The molecule has 2 aromatic carbocycles. The molecule has 0 bridgehead atoms. The van der Waals surface area contributed by atoms with Crippen molar-refractivity contribution in [2.75, 3.05) is 0 Å². The van der Waals surface area contributed by atoms with E-state index >= 15 is 0 Å². The van der Waals surface area contributed by atoms with Gasteiger partial charge in [0.05, 0.1) is 0 Å². The van der Waals surface area contributed by atoms with Gasteiger partial charge in [0.25, 0.3) is 0 Å². The Labute approximate surface area is 123 Å². The van der Waals surface area contributed by atoms with E-state index in [1.165, 1.54) is 23.1 Å². The molecule has 0 aliphatic rings. The molecule has 0 fully saturated rings. The van der Waals surface area contributed by atoms with E-state index in [2.05, 4.69) is 80.7 Å². The quantitative estimate of drug-likeness (QED) is 0.802. The minimum absolute atomic E-state index is 0.406. The van der Waals surface area contributed by atoms with Gasteiger partial charge in [0, 0.05) is 12.1 Å². The molecule has 2 rings (SSSR count). The van der Waals surface area contributed by atoms with Crippen LogP contribution in [-0.2, 0) is 6.42 Å². The van der Waals surface area contributed by atoms with Crippen molar-refractivity contribution in [3.8, 4) is 0 Å². The second-order valence-electron chi connectivity index (χ2n) is 5.73. The highest BCUT2D eigenvalue weighted by atomic mass is 14.9. The van der Waals surface area contributed by atoms with Gasteiger partial charge >= 0.3 is 0 Å². The standard InChI is InChI=1S/C19H25N/c1-15-8-7-9-18(14-15)13-12-16(2)20-17(3)19-10-5-4-6-11-19/h4-11,14,16-17,20H,12-13H2,1-3H3. The molecule has 0 amide bonds. The van der Waals surface area contributed by atoms with Gasteiger partial charge in [-0.25, -0.2) is 0 Å². The summed E-state index contributed by atoms with van der Waals surface area (Å²) in [6.07, 6.45) is 2.30. The van der Waals surface area contributed by atoms with Crippen LogP contribution in [0.5, 0.6) is 0 Å². The predicted octanol–water partition coefficient (Wildman–Crippen LogP) is 4.67. The number of benzene rings is 2. The summed E-state index contributed by atoms with van der Waals surface area (Å²) in [6, 6.07) is 20.4. The number of rotatable bonds is 6. The van der Waals surface area contributed by atoms with E-state index in [-0.39, 0.29) is 0 Å². The van der Waals surface area contributed by atoms with E-state index in [1.54, 1.807) is 0 Å². The van der Waals surface area contributed by atoms with Crippen molar-refractivity contribution in [3.05, 3.63) is 71.3 Å². The smallest absolute Gasteiger partial charge is 0.0294 e. The zero-order valence-corrected chi connectivity index (χ0v) is 12.8. The van der Waals surface area contributed by atoms with Crippen molar-refractivity contribution in [1.29, 1.82) is 0 Å². The normalized spacial score (nSPS) is 13.9. The molecule has 0 spiro atoms. The van der Waals surface area contributed by atoms with Gasteiger partial charge < -0.3 is 5.32 Å². The van der Waals surface area contributed by atoms with E-state index in [9.17, 15) is 0 Å². The molecule has 0 aliphatic carbocycles. The van der Waals surface area contributed by atoms with E-state index in [4.69, 9.17) is 0 Å². The molecule has 20 heavy (non-hydrogen) atoms. The van der Waals surface area contributed by atoms with Crippen molar-refractivity contribution in [1.82, 2.24) is 5.32 Å². The van der Waals surface area contributed by atoms with Gasteiger partial charge in [0.1, 0.15) is 0 Å². The number of hydrogen-bond acceptors (Lipinski definition) is 1. The van der Waals surface area contributed by atoms with Gasteiger partial charge in [-0.1, -0.05) is 60.2 Å². The number of nitrogens with one attached hydrogen (secondary N) is 1. The van der Waals surface area contributed by atoms with E-state index < -0.39 is 0 Å². The summed E-state index contributed by atoms with van der Waals surface area (Å²) in [6.45, 7) is 6.66. The van der Waals surface area contributed by atoms with Crippen LogP contribution in [-0.4, -0.2) is 6.04 Å². The minimum atomic E-state index is 0.406. The van der Waals surface area contributed by atoms with Crippen molar-refractivity contribution in [3.63, 3.8) is 0 Å². The third-order valence-electron chi connectivity index (χ3n) is 3.78. The Morgan fingerprint density at radius 3 is 2.40 bits per heavy atom. The van der Waals surface area contributed by atoms with Gasteiger partial charge in [-0.2, -0.15) is 0 Å². The molecule has 2 aromatic rings. The van der Waals surface area contributed by atoms with E-state index in [1.807, 2.05) is 0 Å². The van der Waals surface area contributed by atoms with E-state index in [0.717, 1.165) is 6.42 Å². The van der Waals surface area contributed by atoms with Crippen LogP contribution in [0.4, 0.5) is 0 Å². The molecule has 2 atom stereocenters. The summed E-state index contributed by atoms with van der Waals surface area (Å²) in [5.41, 5.74) is 4.14. The third kappa shape index (κ3) is 4.50. The fraction of sp³-hybridized carbons (Fsp3) is 0.368. The molecule has 1 heteroatoms. The maximum atomic E-state index is 3.68. The molecule has 1 N–H and O–H groups in total. The summed E-state index contributed by atoms with van der Waals surface area (Å²) >= 11 is 0. The Balaban J connectivity index is 1.82. The van der Waals surface area contributed by atoms with Crippen LogP contribution in [0.1, 0.15) is 43.0 Å². The van der Waals surface area contributed by atoms with Crippen molar-refractivity contribution in [2.45, 2.75) is 45.7 Å². The fourth-order valence-electron chi connectivity index (χ4n) is 2.60. The molecule has 1 nitrogen and oxygen atoms in total. The summed E-state index contributed by atoms with van der Waals surface area (Å²) in [4.78, 5) is 0. The Hall–Kier alpha value is -1.60. The highest BCUT2D eigenvalue weighted by Gasteiger charge is 2.09. The Kier molecular flexibility index (Phi) is 5.37. The maximum absolute atomic E-state index is 3.68. The van der Waals surface area contributed by atoms with Crippen LogP contribution < -0.4 is 5.32 Å². The molecule has 106 valence electrons. The lowest BCUT2D eigenvalue weighted by molar-refractivity contribution is 0.456. The van der Waals surface area contributed by atoms with E-state index in [0.29, 0.717) is 12.1 Å². The molecule has 0 aliphatic heterocycles. The van der Waals surface area contributed by atoms with Crippen LogP contribution in [0.3, 0.4) is 0 Å². The minimum Gasteiger partial charge on any atom is -0.308 e. The van der Waals surface area contributed by atoms with Crippen LogP contribution in [0.15, 0.2) is 54.6 Å². The Morgan fingerprint density at radius 1 is 0.950 bits per heavy atom. The SMILES string of the molecule is Cc1cccc(CCC(C)NC(C)c2ccccc2)c1. The van der Waals surface area contributed by atoms with Gasteiger partial charge in [-0.3, -0.25) is 0 Å².